The van der Waals surface area contributed by atoms with Gasteiger partial charge in [0.25, 0.3) is 5.91 Å². The van der Waals surface area contributed by atoms with Crippen LogP contribution < -0.4 is 5.73 Å². The fraction of sp³-hybridized carbons (Fsp3) is 0.533. The number of hydrogen-bond donors (Lipinski definition) is 1. The Morgan fingerprint density at radius 3 is 2.81 bits per heavy atom. The Hall–Kier alpha value is -1.30. The van der Waals surface area contributed by atoms with Crippen molar-refractivity contribution in [1.29, 1.82) is 0 Å². The number of benzene rings is 1. The maximum Gasteiger partial charge on any atom is 0.255 e. The van der Waals surface area contributed by atoms with E-state index in [1.165, 1.54) is 0 Å². The van der Waals surface area contributed by atoms with Crippen LogP contribution in [-0.2, 0) is 4.74 Å². The Morgan fingerprint density at radius 1 is 1.29 bits per heavy atom. The van der Waals surface area contributed by atoms with Crippen LogP contribution in [0, 0.1) is 0 Å². The minimum absolute atomic E-state index is 0.0249. The monoisotopic (exact) mass is 309 g/mol. The standard InChI is InChI=1S/C15H20ClN3O2/c16-14-12(2-1-3-13(14)17)15(20)19-5-4-11(10-19)18-6-8-21-9-7-18/h1-3,11H,4-10,17H2. The number of ether oxygens (including phenoxy) is 1. The van der Waals surface area contributed by atoms with Gasteiger partial charge >= 0.3 is 0 Å². The lowest BCUT2D eigenvalue weighted by Gasteiger charge is -2.32. The number of nitrogens with two attached hydrogens (primary N) is 1. The summed E-state index contributed by atoms with van der Waals surface area (Å²) in [5, 5.41) is 0.359. The van der Waals surface area contributed by atoms with E-state index >= 15 is 0 Å². The number of hydrogen-bond acceptors (Lipinski definition) is 4. The molecule has 6 heteroatoms. The van der Waals surface area contributed by atoms with E-state index in [1.54, 1.807) is 18.2 Å². The van der Waals surface area contributed by atoms with E-state index in [0.717, 1.165) is 45.8 Å². The summed E-state index contributed by atoms with van der Waals surface area (Å²) in [6.45, 7) is 4.99. The minimum Gasteiger partial charge on any atom is -0.398 e. The Bertz CT molecular complexity index is 532. The number of rotatable bonds is 2. The SMILES string of the molecule is Nc1cccc(C(=O)N2CCC(N3CCOCC3)C2)c1Cl. The lowest BCUT2D eigenvalue weighted by molar-refractivity contribution is 0.0185. The normalized spacial score (nSPS) is 23.5. The van der Waals surface area contributed by atoms with Crippen molar-refractivity contribution < 1.29 is 9.53 Å². The second-order valence-electron chi connectivity index (χ2n) is 5.55. The fourth-order valence-corrected chi connectivity index (χ4v) is 3.26. The fourth-order valence-electron chi connectivity index (χ4n) is 3.05. The molecule has 2 aliphatic heterocycles. The predicted octanol–water partition coefficient (Wildman–Crippen LogP) is 1.47. The molecule has 3 rings (SSSR count). The first kappa shape index (κ1) is 14.6. The third-order valence-electron chi connectivity index (χ3n) is 4.27. The minimum atomic E-state index is -0.0249. The molecule has 0 aliphatic carbocycles. The van der Waals surface area contributed by atoms with Crippen LogP contribution in [0.15, 0.2) is 18.2 Å². The second kappa shape index (κ2) is 6.22. The number of nitrogen functional groups attached to an aromatic ring is 1. The lowest BCUT2D eigenvalue weighted by atomic mass is 10.1. The molecule has 1 atom stereocenters. The number of morpholine rings is 1. The highest BCUT2D eigenvalue weighted by atomic mass is 35.5. The predicted molar refractivity (Wildman–Crippen MR) is 82.6 cm³/mol. The molecule has 0 spiro atoms. The van der Waals surface area contributed by atoms with Crippen molar-refractivity contribution in [2.75, 3.05) is 45.1 Å². The van der Waals surface area contributed by atoms with Crippen LogP contribution in [0.5, 0.6) is 0 Å². The van der Waals surface area contributed by atoms with E-state index in [-0.39, 0.29) is 5.91 Å². The summed E-state index contributed by atoms with van der Waals surface area (Å²) in [5.41, 5.74) is 6.73. The van der Waals surface area contributed by atoms with Crippen molar-refractivity contribution in [1.82, 2.24) is 9.80 Å². The molecule has 0 radical (unpaired) electrons. The lowest BCUT2D eigenvalue weighted by Crippen LogP contribution is -2.45. The Morgan fingerprint density at radius 2 is 2.05 bits per heavy atom. The molecule has 2 saturated heterocycles. The first-order valence-electron chi connectivity index (χ1n) is 7.32. The molecule has 0 bridgehead atoms. The van der Waals surface area contributed by atoms with Gasteiger partial charge in [0, 0.05) is 32.2 Å². The zero-order chi connectivity index (χ0) is 14.8. The smallest absolute Gasteiger partial charge is 0.255 e. The van der Waals surface area contributed by atoms with Gasteiger partial charge in [-0.2, -0.15) is 0 Å². The number of likely N-dealkylation sites (tertiary alicyclic amines) is 1. The van der Waals surface area contributed by atoms with Gasteiger partial charge in [-0.1, -0.05) is 17.7 Å². The van der Waals surface area contributed by atoms with Gasteiger partial charge in [-0.25, -0.2) is 0 Å². The number of halogens is 1. The van der Waals surface area contributed by atoms with Gasteiger partial charge in [0.05, 0.1) is 29.5 Å². The average molecular weight is 310 g/mol. The molecular formula is C15H20ClN3O2. The van der Waals surface area contributed by atoms with Gasteiger partial charge in [0.15, 0.2) is 0 Å². The van der Waals surface area contributed by atoms with Crippen molar-refractivity contribution in [3.63, 3.8) is 0 Å². The van der Waals surface area contributed by atoms with Gasteiger partial charge < -0.3 is 15.4 Å². The Balaban J connectivity index is 1.68. The highest BCUT2D eigenvalue weighted by Crippen LogP contribution is 2.26. The molecular weight excluding hydrogens is 290 g/mol. The number of nitrogens with zero attached hydrogens (tertiary/aromatic N) is 2. The molecule has 114 valence electrons. The summed E-state index contributed by atoms with van der Waals surface area (Å²) in [6.07, 6.45) is 1.01. The van der Waals surface area contributed by atoms with E-state index in [9.17, 15) is 4.79 Å². The third kappa shape index (κ3) is 3.00. The van der Waals surface area contributed by atoms with Crippen LogP contribution in [-0.4, -0.2) is 61.1 Å². The van der Waals surface area contributed by atoms with Gasteiger partial charge in [-0.05, 0) is 18.6 Å². The van der Waals surface area contributed by atoms with Crippen molar-refractivity contribution in [2.45, 2.75) is 12.5 Å². The maximum absolute atomic E-state index is 12.6. The van der Waals surface area contributed by atoms with E-state index in [4.69, 9.17) is 22.1 Å². The van der Waals surface area contributed by atoms with Crippen molar-refractivity contribution in [3.8, 4) is 0 Å². The van der Waals surface area contributed by atoms with Crippen LogP contribution in [0.2, 0.25) is 5.02 Å². The van der Waals surface area contributed by atoms with E-state index in [1.807, 2.05) is 4.90 Å². The first-order chi connectivity index (χ1) is 10.2. The molecule has 2 aliphatic rings. The van der Waals surface area contributed by atoms with E-state index < -0.39 is 0 Å². The van der Waals surface area contributed by atoms with Gasteiger partial charge in [-0.15, -0.1) is 0 Å². The third-order valence-corrected chi connectivity index (χ3v) is 4.69. The summed E-state index contributed by atoms with van der Waals surface area (Å²) >= 11 is 6.15. The summed E-state index contributed by atoms with van der Waals surface area (Å²) in [6, 6.07) is 5.64. The molecule has 2 N–H and O–H groups in total. The average Bonchev–Trinajstić information content (AvgIpc) is 3.00. The van der Waals surface area contributed by atoms with Crippen molar-refractivity contribution >= 4 is 23.2 Å². The summed E-state index contributed by atoms with van der Waals surface area (Å²) in [7, 11) is 0. The zero-order valence-electron chi connectivity index (χ0n) is 11.9. The molecule has 1 aromatic carbocycles. The van der Waals surface area contributed by atoms with E-state index in [0.29, 0.717) is 22.3 Å². The summed E-state index contributed by atoms with van der Waals surface area (Å²) in [4.78, 5) is 16.9. The molecule has 0 saturated carbocycles. The van der Waals surface area contributed by atoms with E-state index in [2.05, 4.69) is 4.90 Å². The van der Waals surface area contributed by atoms with Crippen molar-refractivity contribution in [3.05, 3.63) is 28.8 Å². The number of amides is 1. The number of carbonyl (C=O) groups is 1. The number of carbonyl (C=O) groups excluding carboxylic acids is 1. The maximum atomic E-state index is 12.6. The molecule has 2 heterocycles. The quantitative estimate of drug-likeness (QED) is 0.841. The van der Waals surface area contributed by atoms with Gasteiger partial charge in [0.2, 0.25) is 0 Å². The topological polar surface area (TPSA) is 58.8 Å². The molecule has 5 nitrogen and oxygen atoms in total. The highest BCUT2D eigenvalue weighted by molar-refractivity contribution is 6.36. The largest absolute Gasteiger partial charge is 0.398 e. The summed E-state index contributed by atoms with van der Waals surface area (Å²) < 4.78 is 5.38. The molecule has 2 fully saturated rings. The molecule has 1 aromatic rings. The second-order valence-corrected chi connectivity index (χ2v) is 5.93. The van der Waals surface area contributed by atoms with Crippen LogP contribution in [0.4, 0.5) is 5.69 Å². The highest BCUT2D eigenvalue weighted by Gasteiger charge is 2.32. The zero-order valence-corrected chi connectivity index (χ0v) is 12.7. The van der Waals surface area contributed by atoms with Crippen LogP contribution in [0.25, 0.3) is 0 Å². The van der Waals surface area contributed by atoms with Gasteiger partial charge in [-0.3, -0.25) is 9.69 Å². The van der Waals surface area contributed by atoms with Crippen LogP contribution in [0.1, 0.15) is 16.8 Å². The summed E-state index contributed by atoms with van der Waals surface area (Å²) in [5.74, 6) is -0.0249. The molecule has 21 heavy (non-hydrogen) atoms. The van der Waals surface area contributed by atoms with Gasteiger partial charge in [0.1, 0.15) is 0 Å². The Kier molecular flexibility index (Phi) is 4.33. The number of anilines is 1. The molecule has 1 unspecified atom stereocenters. The Labute approximate surface area is 129 Å². The van der Waals surface area contributed by atoms with Crippen molar-refractivity contribution in [2.24, 2.45) is 0 Å². The molecule has 1 amide bonds. The molecule has 0 aromatic heterocycles. The first-order valence-corrected chi connectivity index (χ1v) is 7.69. The van der Waals surface area contributed by atoms with Crippen LogP contribution >= 0.6 is 11.6 Å². The van der Waals surface area contributed by atoms with Crippen LogP contribution in [0.3, 0.4) is 0 Å².